The molecule has 1 aromatic heterocycles. The van der Waals surface area contributed by atoms with Crippen LogP contribution in [0.25, 0.3) is 11.1 Å². The van der Waals surface area contributed by atoms with Crippen LogP contribution in [0.5, 0.6) is 0 Å². The van der Waals surface area contributed by atoms with E-state index < -0.39 is 0 Å². The number of carbonyl (C=O) groups excluding carboxylic acids is 1. The standard InChI is InChI=1S/C12H12N4O2/c13-12-10(7-14-18-12)8-2-1-3-9(6-8)16-5-4-11(17)15-16/h1-3,6-7H,4-5,13H2,(H,15,17). The first-order valence-electron chi connectivity index (χ1n) is 5.61. The van der Waals surface area contributed by atoms with Gasteiger partial charge in [0.15, 0.2) is 0 Å². The van der Waals surface area contributed by atoms with E-state index >= 15 is 0 Å². The fourth-order valence-corrected chi connectivity index (χ4v) is 1.98. The van der Waals surface area contributed by atoms with E-state index in [4.69, 9.17) is 10.3 Å². The van der Waals surface area contributed by atoms with Gasteiger partial charge in [-0.1, -0.05) is 17.3 Å². The zero-order chi connectivity index (χ0) is 12.5. The first-order chi connectivity index (χ1) is 8.74. The largest absolute Gasteiger partial charge is 0.367 e. The van der Waals surface area contributed by atoms with Crippen LogP contribution >= 0.6 is 0 Å². The second kappa shape index (κ2) is 4.06. The van der Waals surface area contributed by atoms with Crippen LogP contribution in [0, 0.1) is 0 Å². The third-order valence-corrected chi connectivity index (χ3v) is 2.89. The maximum absolute atomic E-state index is 11.2. The number of hydrogen-bond acceptors (Lipinski definition) is 5. The lowest BCUT2D eigenvalue weighted by Gasteiger charge is -2.17. The molecule has 1 amide bonds. The van der Waals surface area contributed by atoms with Gasteiger partial charge in [0.25, 0.3) is 0 Å². The molecular weight excluding hydrogens is 232 g/mol. The van der Waals surface area contributed by atoms with Crippen molar-refractivity contribution in [2.45, 2.75) is 6.42 Å². The van der Waals surface area contributed by atoms with Gasteiger partial charge in [0.2, 0.25) is 11.8 Å². The minimum atomic E-state index is 0.0323. The van der Waals surface area contributed by atoms with E-state index in [0.717, 1.165) is 16.8 Å². The fourth-order valence-electron chi connectivity index (χ4n) is 1.98. The first kappa shape index (κ1) is 10.6. The Morgan fingerprint density at radius 2 is 2.33 bits per heavy atom. The van der Waals surface area contributed by atoms with E-state index in [9.17, 15) is 4.79 Å². The Balaban J connectivity index is 1.94. The van der Waals surface area contributed by atoms with Gasteiger partial charge < -0.3 is 10.3 Å². The molecule has 1 aliphatic heterocycles. The van der Waals surface area contributed by atoms with Crippen LogP contribution in [0.1, 0.15) is 6.42 Å². The summed E-state index contributed by atoms with van der Waals surface area (Å²) in [4.78, 5) is 11.2. The number of hydrogen-bond donors (Lipinski definition) is 2. The number of nitrogens with one attached hydrogen (secondary N) is 1. The highest BCUT2D eigenvalue weighted by Gasteiger charge is 2.19. The van der Waals surface area contributed by atoms with E-state index in [0.29, 0.717) is 13.0 Å². The van der Waals surface area contributed by atoms with Gasteiger partial charge in [0.1, 0.15) is 0 Å². The van der Waals surface area contributed by atoms with E-state index in [1.54, 1.807) is 6.20 Å². The minimum Gasteiger partial charge on any atom is -0.367 e. The normalized spacial score (nSPS) is 14.9. The number of benzene rings is 1. The molecule has 6 nitrogen and oxygen atoms in total. The zero-order valence-electron chi connectivity index (χ0n) is 9.59. The molecule has 0 aliphatic carbocycles. The molecule has 18 heavy (non-hydrogen) atoms. The maximum Gasteiger partial charge on any atom is 0.240 e. The summed E-state index contributed by atoms with van der Waals surface area (Å²) < 4.78 is 4.85. The minimum absolute atomic E-state index is 0.0323. The monoisotopic (exact) mass is 244 g/mol. The number of nitrogens with two attached hydrogens (primary N) is 1. The van der Waals surface area contributed by atoms with E-state index in [-0.39, 0.29) is 11.8 Å². The van der Waals surface area contributed by atoms with Gasteiger partial charge in [-0.05, 0) is 17.7 Å². The molecule has 1 aliphatic rings. The summed E-state index contributed by atoms with van der Waals surface area (Å²) in [7, 11) is 0. The summed E-state index contributed by atoms with van der Waals surface area (Å²) in [6, 6.07) is 7.69. The van der Waals surface area contributed by atoms with Crippen molar-refractivity contribution < 1.29 is 9.32 Å². The van der Waals surface area contributed by atoms with Gasteiger partial charge in [0.05, 0.1) is 17.4 Å². The molecular formula is C12H12N4O2. The van der Waals surface area contributed by atoms with E-state index in [1.165, 1.54) is 0 Å². The van der Waals surface area contributed by atoms with Crippen LogP contribution < -0.4 is 16.2 Å². The number of hydrazine groups is 1. The second-order valence-electron chi connectivity index (χ2n) is 4.09. The van der Waals surface area contributed by atoms with Crippen molar-refractivity contribution in [2.24, 2.45) is 0 Å². The Morgan fingerprint density at radius 3 is 3.00 bits per heavy atom. The molecule has 2 aromatic rings. The van der Waals surface area contributed by atoms with Gasteiger partial charge in [-0.25, -0.2) is 0 Å². The number of nitrogens with zero attached hydrogens (tertiary/aromatic N) is 2. The third-order valence-electron chi connectivity index (χ3n) is 2.89. The van der Waals surface area contributed by atoms with Gasteiger partial charge in [-0.2, -0.15) is 0 Å². The topological polar surface area (TPSA) is 84.4 Å². The average molecular weight is 244 g/mol. The molecule has 0 radical (unpaired) electrons. The summed E-state index contributed by atoms with van der Waals surface area (Å²) in [5, 5.41) is 5.47. The molecule has 1 fully saturated rings. The molecule has 1 saturated heterocycles. The number of rotatable bonds is 2. The van der Waals surface area contributed by atoms with Crippen LogP contribution in [0.2, 0.25) is 0 Å². The number of anilines is 2. The van der Waals surface area contributed by atoms with Crippen molar-refractivity contribution in [3.05, 3.63) is 30.5 Å². The third kappa shape index (κ3) is 1.77. The second-order valence-corrected chi connectivity index (χ2v) is 4.09. The average Bonchev–Trinajstić information content (AvgIpc) is 2.98. The maximum atomic E-state index is 11.2. The Kier molecular flexibility index (Phi) is 2.40. The molecule has 6 heteroatoms. The fraction of sp³-hybridized carbons (Fsp3) is 0.167. The number of nitrogen functional groups attached to an aromatic ring is 1. The quantitative estimate of drug-likeness (QED) is 0.828. The lowest BCUT2D eigenvalue weighted by Crippen LogP contribution is -2.32. The van der Waals surface area contributed by atoms with Gasteiger partial charge in [-0.15, -0.1) is 0 Å². The lowest BCUT2D eigenvalue weighted by molar-refractivity contribution is -0.119. The molecule has 0 atom stereocenters. The first-order valence-corrected chi connectivity index (χ1v) is 5.61. The van der Waals surface area contributed by atoms with Crippen molar-refractivity contribution in [1.82, 2.24) is 10.6 Å². The van der Waals surface area contributed by atoms with Gasteiger partial charge in [-0.3, -0.25) is 15.2 Å². The van der Waals surface area contributed by atoms with Crippen molar-refractivity contribution >= 4 is 17.5 Å². The van der Waals surface area contributed by atoms with Crippen LogP contribution in [-0.4, -0.2) is 17.6 Å². The zero-order valence-corrected chi connectivity index (χ0v) is 9.59. The predicted molar refractivity (Wildman–Crippen MR) is 66.5 cm³/mol. The molecule has 2 heterocycles. The molecule has 3 rings (SSSR count). The Labute approximate surface area is 103 Å². The van der Waals surface area contributed by atoms with E-state index in [2.05, 4.69) is 10.6 Å². The van der Waals surface area contributed by atoms with Crippen LogP contribution in [-0.2, 0) is 4.79 Å². The smallest absolute Gasteiger partial charge is 0.240 e. The number of amides is 1. The van der Waals surface area contributed by atoms with Crippen molar-refractivity contribution in [3.8, 4) is 11.1 Å². The number of carbonyl (C=O) groups is 1. The van der Waals surface area contributed by atoms with Crippen molar-refractivity contribution in [2.75, 3.05) is 17.3 Å². The molecule has 0 unspecified atom stereocenters. The highest BCUT2D eigenvalue weighted by molar-refractivity contribution is 5.82. The predicted octanol–water partition coefficient (Wildman–Crippen LogP) is 1.17. The molecule has 3 N–H and O–H groups in total. The summed E-state index contributed by atoms with van der Waals surface area (Å²) in [5.74, 6) is 0.322. The molecule has 1 aromatic carbocycles. The Bertz CT molecular complexity index is 593. The van der Waals surface area contributed by atoms with Crippen molar-refractivity contribution in [3.63, 3.8) is 0 Å². The number of aromatic nitrogens is 1. The lowest BCUT2D eigenvalue weighted by atomic mass is 10.1. The van der Waals surface area contributed by atoms with Gasteiger partial charge in [0, 0.05) is 13.0 Å². The van der Waals surface area contributed by atoms with Gasteiger partial charge >= 0.3 is 0 Å². The van der Waals surface area contributed by atoms with Crippen molar-refractivity contribution in [1.29, 1.82) is 0 Å². The summed E-state index contributed by atoms with van der Waals surface area (Å²) >= 11 is 0. The van der Waals surface area contributed by atoms with E-state index in [1.807, 2.05) is 29.3 Å². The molecule has 0 spiro atoms. The molecule has 92 valence electrons. The summed E-state index contributed by atoms with van der Waals surface area (Å²) in [5.41, 5.74) is 11.0. The SMILES string of the molecule is Nc1oncc1-c1cccc(N2CCC(=O)N2)c1. The van der Waals surface area contributed by atoms with Crippen LogP contribution in [0.3, 0.4) is 0 Å². The molecule has 0 bridgehead atoms. The van der Waals surface area contributed by atoms with Crippen LogP contribution in [0.4, 0.5) is 11.6 Å². The highest BCUT2D eigenvalue weighted by Crippen LogP contribution is 2.28. The molecule has 0 saturated carbocycles. The highest BCUT2D eigenvalue weighted by atomic mass is 16.5. The Morgan fingerprint density at radius 1 is 1.44 bits per heavy atom. The summed E-state index contributed by atoms with van der Waals surface area (Å²) in [6.45, 7) is 0.668. The summed E-state index contributed by atoms with van der Waals surface area (Å²) in [6.07, 6.45) is 2.09. The van der Waals surface area contributed by atoms with Crippen LogP contribution in [0.15, 0.2) is 35.0 Å². The Hall–Kier alpha value is -2.50.